The van der Waals surface area contributed by atoms with E-state index in [9.17, 15) is 5.11 Å². The maximum atomic E-state index is 11.1. The van der Waals surface area contributed by atoms with Crippen LogP contribution in [0.2, 0.25) is 0 Å². The molecule has 0 aliphatic heterocycles. The van der Waals surface area contributed by atoms with Crippen LogP contribution in [-0.4, -0.2) is 22.2 Å². The van der Waals surface area contributed by atoms with Gasteiger partial charge < -0.3 is 15.2 Å². The number of ether oxygens (including phenoxy) is 1. The SMILES string of the molecule is COc1ccc(C)cc1NC(c1cccnc1)c1ccc2ccc(C)nc2c1O. The van der Waals surface area contributed by atoms with E-state index in [0.29, 0.717) is 5.52 Å². The number of rotatable bonds is 5. The van der Waals surface area contributed by atoms with Gasteiger partial charge in [0.25, 0.3) is 0 Å². The van der Waals surface area contributed by atoms with E-state index < -0.39 is 0 Å². The molecular formula is C24H23N3O2. The van der Waals surface area contributed by atoms with Gasteiger partial charge in [0.1, 0.15) is 17.0 Å². The van der Waals surface area contributed by atoms with Crippen molar-refractivity contribution in [1.29, 1.82) is 0 Å². The number of fused-ring (bicyclic) bond motifs is 1. The Morgan fingerprint density at radius 1 is 1.03 bits per heavy atom. The first kappa shape index (κ1) is 18.7. The number of aromatic nitrogens is 2. The number of pyridine rings is 2. The first-order chi connectivity index (χ1) is 14.1. The van der Waals surface area contributed by atoms with E-state index >= 15 is 0 Å². The average molecular weight is 385 g/mol. The molecule has 0 radical (unpaired) electrons. The molecule has 146 valence electrons. The molecule has 0 amide bonds. The van der Waals surface area contributed by atoms with Gasteiger partial charge >= 0.3 is 0 Å². The molecule has 2 aromatic carbocycles. The van der Waals surface area contributed by atoms with E-state index in [1.54, 1.807) is 19.5 Å². The van der Waals surface area contributed by atoms with Crippen molar-refractivity contribution in [3.05, 3.63) is 89.4 Å². The number of hydrogen-bond acceptors (Lipinski definition) is 5. The maximum Gasteiger partial charge on any atom is 0.147 e. The smallest absolute Gasteiger partial charge is 0.147 e. The minimum Gasteiger partial charge on any atom is -0.505 e. The Balaban J connectivity index is 1.88. The second kappa shape index (κ2) is 7.80. The maximum absolute atomic E-state index is 11.1. The van der Waals surface area contributed by atoms with E-state index in [1.807, 2.05) is 68.4 Å². The van der Waals surface area contributed by atoms with Crippen molar-refractivity contribution >= 4 is 16.6 Å². The highest BCUT2D eigenvalue weighted by Gasteiger charge is 2.21. The monoisotopic (exact) mass is 385 g/mol. The number of aryl methyl sites for hydroxylation is 2. The Kier molecular flexibility index (Phi) is 5.04. The van der Waals surface area contributed by atoms with Crippen molar-refractivity contribution in [2.24, 2.45) is 0 Å². The fraction of sp³-hybridized carbons (Fsp3) is 0.167. The number of nitrogens with zero attached hydrogens (tertiary/aromatic N) is 2. The zero-order valence-corrected chi connectivity index (χ0v) is 16.7. The Morgan fingerprint density at radius 2 is 1.86 bits per heavy atom. The predicted molar refractivity (Wildman–Crippen MR) is 116 cm³/mol. The summed E-state index contributed by atoms with van der Waals surface area (Å²) in [6.07, 6.45) is 3.53. The Bertz CT molecular complexity index is 1160. The van der Waals surface area contributed by atoms with Gasteiger partial charge in [-0.25, -0.2) is 4.98 Å². The lowest BCUT2D eigenvalue weighted by molar-refractivity contribution is 0.416. The van der Waals surface area contributed by atoms with E-state index in [2.05, 4.69) is 15.3 Å². The van der Waals surface area contributed by atoms with Crippen LogP contribution >= 0.6 is 0 Å². The Labute approximate surface area is 170 Å². The zero-order chi connectivity index (χ0) is 20.4. The third-order valence-corrected chi connectivity index (χ3v) is 4.99. The molecular weight excluding hydrogens is 362 g/mol. The molecule has 0 saturated carbocycles. The van der Waals surface area contributed by atoms with Gasteiger partial charge in [0.2, 0.25) is 0 Å². The standard InChI is InChI=1S/C24H23N3O2/c1-15-6-11-21(29-3)20(13-15)27-22(18-5-4-12-25-14-18)19-10-9-17-8-7-16(2)26-23(17)24(19)28/h4-14,22,27-28H,1-3H3. The third kappa shape index (κ3) is 3.72. The Morgan fingerprint density at radius 3 is 2.62 bits per heavy atom. The number of phenols is 1. The molecule has 1 atom stereocenters. The molecule has 5 heteroatoms. The van der Waals surface area contributed by atoms with Crippen molar-refractivity contribution in [2.75, 3.05) is 12.4 Å². The largest absolute Gasteiger partial charge is 0.505 e. The van der Waals surface area contributed by atoms with Gasteiger partial charge in [0.05, 0.1) is 18.8 Å². The molecule has 2 heterocycles. The van der Waals surface area contributed by atoms with E-state index in [-0.39, 0.29) is 11.8 Å². The first-order valence-electron chi connectivity index (χ1n) is 9.47. The number of nitrogens with one attached hydrogen (secondary N) is 1. The van der Waals surface area contributed by atoms with Crippen molar-refractivity contribution in [2.45, 2.75) is 19.9 Å². The van der Waals surface area contributed by atoms with Crippen LogP contribution in [0.25, 0.3) is 10.9 Å². The summed E-state index contributed by atoms with van der Waals surface area (Å²) in [6, 6.07) is 17.3. The summed E-state index contributed by atoms with van der Waals surface area (Å²) in [5.41, 5.74) is 5.06. The number of aromatic hydroxyl groups is 1. The topological polar surface area (TPSA) is 67.3 Å². The molecule has 5 nitrogen and oxygen atoms in total. The summed E-state index contributed by atoms with van der Waals surface area (Å²) >= 11 is 0. The Hall–Kier alpha value is -3.60. The lowest BCUT2D eigenvalue weighted by Gasteiger charge is -2.23. The fourth-order valence-corrected chi connectivity index (χ4v) is 3.50. The summed E-state index contributed by atoms with van der Waals surface area (Å²) in [6.45, 7) is 3.95. The lowest BCUT2D eigenvalue weighted by atomic mass is 9.96. The van der Waals surface area contributed by atoms with Crippen molar-refractivity contribution in [3.8, 4) is 11.5 Å². The van der Waals surface area contributed by atoms with Crippen LogP contribution < -0.4 is 10.1 Å². The molecule has 0 spiro atoms. The number of phenolic OH excluding ortho intramolecular Hbond substituents is 1. The second-order valence-corrected chi connectivity index (χ2v) is 7.10. The highest BCUT2D eigenvalue weighted by molar-refractivity contribution is 5.86. The number of hydrogen-bond donors (Lipinski definition) is 2. The first-order valence-corrected chi connectivity index (χ1v) is 9.47. The van der Waals surface area contributed by atoms with Gasteiger partial charge in [-0.3, -0.25) is 4.98 Å². The van der Waals surface area contributed by atoms with Gasteiger partial charge in [-0.15, -0.1) is 0 Å². The van der Waals surface area contributed by atoms with Gasteiger partial charge in [0, 0.05) is 29.0 Å². The van der Waals surface area contributed by atoms with Crippen LogP contribution in [0.4, 0.5) is 5.69 Å². The van der Waals surface area contributed by atoms with Gasteiger partial charge in [-0.1, -0.05) is 30.3 Å². The quantitative estimate of drug-likeness (QED) is 0.496. The minimum absolute atomic E-state index is 0.166. The summed E-state index contributed by atoms with van der Waals surface area (Å²) in [7, 11) is 1.65. The molecule has 1 unspecified atom stereocenters. The van der Waals surface area contributed by atoms with Crippen molar-refractivity contribution < 1.29 is 9.84 Å². The molecule has 0 saturated heterocycles. The molecule has 0 fully saturated rings. The van der Waals surface area contributed by atoms with Crippen LogP contribution in [0.15, 0.2) is 67.0 Å². The van der Waals surface area contributed by atoms with Crippen LogP contribution in [0.3, 0.4) is 0 Å². The van der Waals surface area contributed by atoms with Gasteiger partial charge in [-0.05, 0) is 49.2 Å². The summed E-state index contributed by atoms with van der Waals surface area (Å²) < 4.78 is 5.54. The zero-order valence-electron chi connectivity index (χ0n) is 16.7. The predicted octanol–water partition coefficient (Wildman–Crippen LogP) is 5.16. The molecule has 4 rings (SSSR count). The van der Waals surface area contributed by atoms with Crippen LogP contribution in [-0.2, 0) is 0 Å². The van der Waals surface area contributed by atoms with E-state index in [1.165, 1.54) is 0 Å². The van der Waals surface area contributed by atoms with Crippen molar-refractivity contribution in [1.82, 2.24) is 9.97 Å². The highest BCUT2D eigenvalue weighted by Crippen LogP contribution is 2.38. The number of methoxy groups -OCH3 is 1. The minimum atomic E-state index is -0.328. The average Bonchev–Trinajstić information content (AvgIpc) is 2.74. The lowest BCUT2D eigenvalue weighted by Crippen LogP contribution is -2.14. The second-order valence-electron chi connectivity index (χ2n) is 7.10. The van der Waals surface area contributed by atoms with Gasteiger partial charge in [-0.2, -0.15) is 0 Å². The molecule has 0 aliphatic rings. The normalized spacial score (nSPS) is 12.0. The molecule has 0 aliphatic carbocycles. The molecule has 29 heavy (non-hydrogen) atoms. The van der Waals surface area contributed by atoms with E-state index in [4.69, 9.17) is 4.74 Å². The third-order valence-electron chi connectivity index (χ3n) is 4.99. The van der Waals surface area contributed by atoms with E-state index in [0.717, 1.165) is 39.2 Å². The highest BCUT2D eigenvalue weighted by atomic mass is 16.5. The molecule has 0 bridgehead atoms. The number of anilines is 1. The van der Waals surface area contributed by atoms with Gasteiger partial charge in [0.15, 0.2) is 0 Å². The summed E-state index contributed by atoms with van der Waals surface area (Å²) in [4.78, 5) is 8.82. The van der Waals surface area contributed by atoms with Crippen LogP contribution in [0.5, 0.6) is 11.5 Å². The van der Waals surface area contributed by atoms with Crippen LogP contribution in [0.1, 0.15) is 28.4 Å². The summed E-state index contributed by atoms with van der Waals surface area (Å²) in [5, 5.41) is 15.5. The molecule has 2 aromatic heterocycles. The fourth-order valence-electron chi connectivity index (χ4n) is 3.50. The summed E-state index contributed by atoms with van der Waals surface area (Å²) in [5.74, 6) is 0.901. The van der Waals surface area contributed by atoms with Crippen molar-refractivity contribution in [3.63, 3.8) is 0 Å². The van der Waals surface area contributed by atoms with Crippen LogP contribution in [0, 0.1) is 13.8 Å². The number of benzene rings is 2. The molecule has 2 N–H and O–H groups in total. The molecule has 4 aromatic rings.